The van der Waals surface area contributed by atoms with Gasteiger partial charge in [0.05, 0.1) is 6.10 Å². The van der Waals surface area contributed by atoms with Gasteiger partial charge in [-0.15, -0.1) is 0 Å². The van der Waals surface area contributed by atoms with Crippen molar-refractivity contribution in [3.05, 3.63) is 11.7 Å². The van der Waals surface area contributed by atoms with Crippen LogP contribution in [-0.2, 0) is 14.9 Å². The number of aromatic nitrogens is 2. The first kappa shape index (κ1) is 30.2. The molecule has 5 rings (SSSR count). The number of alkyl halides is 2. The molecular formula is C30H46F2N4O5. The fourth-order valence-corrected chi connectivity index (χ4v) is 7.30. The Morgan fingerprint density at radius 2 is 1.71 bits per heavy atom. The largest absolute Gasteiger partial charge is 0.444 e. The number of likely N-dealkylation sites (tertiary alicyclic amines) is 2. The van der Waals surface area contributed by atoms with Crippen molar-refractivity contribution in [3.8, 4) is 0 Å². The maximum absolute atomic E-state index is 13.9. The zero-order valence-electron chi connectivity index (χ0n) is 25.1. The highest BCUT2D eigenvalue weighted by molar-refractivity contribution is 5.86. The molecule has 41 heavy (non-hydrogen) atoms. The zero-order valence-corrected chi connectivity index (χ0v) is 25.1. The van der Waals surface area contributed by atoms with E-state index in [-0.39, 0.29) is 42.4 Å². The van der Waals surface area contributed by atoms with Gasteiger partial charge in [0.15, 0.2) is 5.82 Å². The standard InChI is InChI=1S/C30H46F2N4O5/c1-19(2)29(25-33-23(41-34-25)20-7-11-30(31,32)12-8-20)13-15-35(16-14-29)24(38)21-17-22(37)28(9-6-10-28)18-36(21)26(39)40-27(3,4)5/h19-22,37H,6-18H2,1-5H3/t21-,22+/m0/s1. The Hall–Kier alpha value is -2.30. The first-order valence-corrected chi connectivity index (χ1v) is 15.3. The number of halogens is 2. The van der Waals surface area contributed by atoms with Crippen LogP contribution in [0.2, 0.25) is 0 Å². The number of aliphatic hydroxyl groups excluding tert-OH is 1. The molecule has 1 aromatic rings. The van der Waals surface area contributed by atoms with Crippen LogP contribution in [0.5, 0.6) is 0 Å². The van der Waals surface area contributed by atoms with Crippen molar-refractivity contribution in [2.45, 2.75) is 134 Å². The SMILES string of the molecule is CC(C)C1(c2noc(C3CCC(F)(F)CC3)n2)CCN(C(=O)[C@@H]2C[C@@H](O)C3(CCC3)CN2C(=O)OC(C)(C)C)CC1. The van der Waals surface area contributed by atoms with E-state index in [0.717, 1.165) is 19.3 Å². The number of piperidine rings is 2. The lowest BCUT2D eigenvalue weighted by Gasteiger charge is -2.54. The molecule has 2 aliphatic carbocycles. The molecule has 4 aliphatic rings. The average Bonchev–Trinajstić information content (AvgIpc) is 3.36. The van der Waals surface area contributed by atoms with E-state index in [1.807, 2.05) is 20.8 Å². The molecule has 230 valence electrons. The fourth-order valence-electron chi connectivity index (χ4n) is 7.30. The number of carbonyl (C=O) groups excluding carboxylic acids is 2. The van der Waals surface area contributed by atoms with Crippen molar-refractivity contribution in [2.75, 3.05) is 19.6 Å². The minimum atomic E-state index is -2.62. The summed E-state index contributed by atoms with van der Waals surface area (Å²) in [5.74, 6) is -1.76. The molecule has 1 spiro atoms. The third kappa shape index (κ3) is 5.84. The zero-order chi connectivity index (χ0) is 29.8. The van der Waals surface area contributed by atoms with Crippen LogP contribution in [0.25, 0.3) is 0 Å². The Morgan fingerprint density at radius 1 is 1.07 bits per heavy atom. The van der Waals surface area contributed by atoms with Crippen molar-refractivity contribution in [3.63, 3.8) is 0 Å². The maximum atomic E-state index is 13.9. The molecule has 3 heterocycles. The first-order chi connectivity index (χ1) is 19.1. The second kappa shape index (κ2) is 10.8. The molecule has 2 saturated carbocycles. The van der Waals surface area contributed by atoms with Crippen LogP contribution in [0.15, 0.2) is 4.52 Å². The van der Waals surface area contributed by atoms with Gasteiger partial charge < -0.3 is 19.3 Å². The highest BCUT2D eigenvalue weighted by Gasteiger charge is 2.54. The quantitative estimate of drug-likeness (QED) is 0.507. The minimum Gasteiger partial charge on any atom is -0.444 e. The lowest BCUT2D eigenvalue weighted by molar-refractivity contribution is -0.153. The molecule has 0 bridgehead atoms. The number of aliphatic hydroxyl groups is 1. The Kier molecular flexibility index (Phi) is 7.92. The van der Waals surface area contributed by atoms with Gasteiger partial charge in [0, 0.05) is 55.6 Å². The average molecular weight is 581 g/mol. The van der Waals surface area contributed by atoms with E-state index in [0.29, 0.717) is 57.0 Å². The van der Waals surface area contributed by atoms with Gasteiger partial charge in [-0.05, 0) is 65.2 Å². The number of nitrogens with zero attached hydrogens (tertiary/aromatic N) is 4. The van der Waals surface area contributed by atoms with Crippen molar-refractivity contribution in [2.24, 2.45) is 11.3 Å². The summed E-state index contributed by atoms with van der Waals surface area (Å²) < 4.78 is 38.7. The van der Waals surface area contributed by atoms with E-state index in [1.54, 1.807) is 9.80 Å². The van der Waals surface area contributed by atoms with Crippen molar-refractivity contribution in [1.29, 1.82) is 0 Å². The number of hydrogen-bond acceptors (Lipinski definition) is 7. The summed E-state index contributed by atoms with van der Waals surface area (Å²) in [7, 11) is 0. The maximum Gasteiger partial charge on any atom is 0.410 e. The van der Waals surface area contributed by atoms with E-state index in [1.165, 1.54) is 0 Å². The van der Waals surface area contributed by atoms with Gasteiger partial charge in [-0.25, -0.2) is 13.6 Å². The van der Waals surface area contributed by atoms with Gasteiger partial charge in [-0.3, -0.25) is 9.69 Å². The number of carbonyl (C=O) groups is 2. The molecule has 1 N–H and O–H groups in total. The Labute approximate surface area is 241 Å². The second-order valence-corrected chi connectivity index (χ2v) is 14.3. The Balaban J connectivity index is 1.29. The van der Waals surface area contributed by atoms with Crippen LogP contribution >= 0.6 is 0 Å². The van der Waals surface area contributed by atoms with Crippen LogP contribution in [-0.4, -0.2) is 80.4 Å². The minimum absolute atomic E-state index is 0.155. The molecule has 2 aliphatic heterocycles. The summed E-state index contributed by atoms with van der Waals surface area (Å²) in [6, 6.07) is -0.779. The summed E-state index contributed by atoms with van der Waals surface area (Å²) in [4.78, 5) is 35.3. The van der Waals surface area contributed by atoms with E-state index >= 15 is 0 Å². The van der Waals surface area contributed by atoms with E-state index in [4.69, 9.17) is 14.2 Å². The van der Waals surface area contributed by atoms with E-state index in [2.05, 4.69) is 19.0 Å². The van der Waals surface area contributed by atoms with Crippen LogP contribution < -0.4 is 0 Å². The first-order valence-electron chi connectivity index (χ1n) is 15.3. The topological polar surface area (TPSA) is 109 Å². The van der Waals surface area contributed by atoms with Crippen LogP contribution in [0.4, 0.5) is 13.6 Å². The summed E-state index contributed by atoms with van der Waals surface area (Å²) >= 11 is 0. The molecule has 4 fully saturated rings. The highest BCUT2D eigenvalue weighted by atomic mass is 19.3. The van der Waals surface area contributed by atoms with Crippen molar-refractivity contribution in [1.82, 2.24) is 19.9 Å². The predicted octanol–water partition coefficient (Wildman–Crippen LogP) is 5.42. The lowest BCUT2D eigenvalue weighted by Crippen LogP contribution is -2.65. The van der Waals surface area contributed by atoms with Crippen molar-refractivity contribution >= 4 is 12.0 Å². The summed E-state index contributed by atoms with van der Waals surface area (Å²) in [5, 5.41) is 15.4. The van der Waals surface area contributed by atoms with Crippen LogP contribution in [0, 0.1) is 11.3 Å². The smallest absolute Gasteiger partial charge is 0.410 e. The molecule has 11 heteroatoms. The predicted molar refractivity (Wildman–Crippen MR) is 146 cm³/mol. The van der Waals surface area contributed by atoms with Gasteiger partial charge in [0.2, 0.25) is 17.7 Å². The van der Waals surface area contributed by atoms with E-state index < -0.39 is 35.2 Å². The Morgan fingerprint density at radius 3 is 2.24 bits per heavy atom. The van der Waals surface area contributed by atoms with Gasteiger partial charge in [-0.1, -0.05) is 25.4 Å². The third-order valence-corrected chi connectivity index (χ3v) is 10.3. The Bertz CT molecular complexity index is 1110. The van der Waals surface area contributed by atoms with Crippen LogP contribution in [0.1, 0.15) is 116 Å². The molecule has 2 amide bonds. The monoisotopic (exact) mass is 580 g/mol. The van der Waals surface area contributed by atoms with E-state index in [9.17, 15) is 23.5 Å². The molecule has 2 atom stereocenters. The summed E-state index contributed by atoms with van der Waals surface area (Å²) in [5.41, 5.74) is -1.46. The lowest BCUT2D eigenvalue weighted by atomic mass is 9.61. The fraction of sp³-hybridized carbons (Fsp3) is 0.867. The molecule has 0 aromatic carbocycles. The van der Waals surface area contributed by atoms with Gasteiger partial charge in [-0.2, -0.15) is 4.98 Å². The number of rotatable bonds is 4. The van der Waals surface area contributed by atoms with Crippen LogP contribution in [0.3, 0.4) is 0 Å². The van der Waals surface area contributed by atoms with Crippen molar-refractivity contribution < 1.29 is 32.7 Å². The molecule has 0 radical (unpaired) electrons. The molecule has 2 saturated heterocycles. The second-order valence-electron chi connectivity index (χ2n) is 14.3. The normalized spacial score (nSPS) is 28.0. The highest BCUT2D eigenvalue weighted by Crippen LogP contribution is 2.50. The molecule has 0 unspecified atom stereocenters. The van der Waals surface area contributed by atoms with Gasteiger partial charge in [0.25, 0.3) is 0 Å². The summed E-state index contributed by atoms with van der Waals surface area (Å²) in [6.07, 6.45) is 3.29. The van der Waals surface area contributed by atoms with Gasteiger partial charge in [0.1, 0.15) is 11.6 Å². The number of ether oxygens (including phenoxy) is 1. The third-order valence-electron chi connectivity index (χ3n) is 10.3. The summed E-state index contributed by atoms with van der Waals surface area (Å²) in [6.45, 7) is 10.9. The number of hydrogen-bond donors (Lipinski definition) is 1. The molecular weight excluding hydrogens is 534 g/mol. The molecule has 9 nitrogen and oxygen atoms in total. The molecule has 1 aromatic heterocycles. The van der Waals surface area contributed by atoms with Gasteiger partial charge >= 0.3 is 6.09 Å². The number of amides is 2.